The Morgan fingerprint density at radius 1 is 1.33 bits per heavy atom. The largest absolute Gasteiger partial charge is 0.504 e. The van der Waals surface area contributed by atoms with Gasteiger partial charge in [0.15, 0.2) is 17.0 Å². The van der Waals surface area contributed by atoms with E-state index in [1.54, 1.807) is 17.0 Å². The molecule has 0 aliphatic carbocycles. The first-order chi connectivity index (χ1) is 14.5. The average Bonchev–Trinajstić information content (AvgIpc) is 3.15. The molecule has 1 aromatic carbocycles. The van der Waals surface area contributed by atoms with Crippen LogP contribution in [0.3, 0.4) is 0 Å². The molecule has 3 aliphatic rings. The van der Waals surface area contributed by atoms with E-state index in [2.05, 4.69) is 10.1 Å². The topological polar surface area (TPSA) is 124 Å². The van der Waals surface area contributed by atoms with Crippen LogP contribution in [-0.4, -0.2) is 50.9 Å². The number of amides is 1. The Balaban J connectivity index is 1.78. The van der Waals surface area contributed by atoms with E-state index < -0.39 is 5.56 Å². The van der Waals surface area contributed by atoms with Gasteiger partial charge in [-0.3, -0.25) is 20.1 Å². The molecule has 0 bridgehead atoms. The van der Waals surface area contributed by atoms with Gasteiger partial charge >= 0.3 is 0 Å². The number of carbonyl (C=O) groups is 1. The first kappa shape index (κ1) is 19.9. The Morgan fingerprint density at radius 3 is 2.83 bits per heavy atom. The number of aromatic hydroxyl groups is 1. The summed E-state index contributed by atoms with van der Waals surface area (Å²) in [6.45, 7) is 1.49. The lowest BCUT2D eigenvalue weighted by Gasteiger charge is -2.25. The third-order valence-corrected chi connectivity index (χ3v) is 5.84. The van der Waals surface area contributed by atoms with Crippen LogP contribution in [0.15, 0.2) is 23.0 Å². The zero-order chi connectivity index (χ0) is 21.3. The number of piperidine rings is 1. The summed E-state index contributed by atoms with van der Waals surface area (Å²) in [4.78, 5) is 30.8. The molecular weight excluding hydrogens is 406 g/mol. The molecule has 4 rings (SSSR count). The van der Waals surface area contributed by atoms with Crippen molar-refractivity contribution in [3.8, 4) is 16.6 Å². The maximum absolute atomic E-state index is 12.5. The molecule has 0 unspecified atom stereocenters. The highest BCUT2D eigenvalue weighted by Crippen LogP contribution is 2.26. The SMILES string of the molecule is COc1cc(/C=c2\c(=O)nc3s/c(=C/C(=O)N4CCCCC4)[nH]n-3c2=N)ccc1O. The number of phenols is 1. The molecule has 1 fully saturated rings. The summed E-state index contributed by atoms with van der Waals surface area (Å²) in [5, 5.41) is 21.5. The number of aromatic amines is 1. The number of hydrogen-bond donors (Lipinski definition) is 3. The van der Waals surface area contributed by atoms with Crippen molar-refractivity contribution in [2.24, 2.45) is 0 Å². The number of nitrogens with zero attached hydrogens (tertiary/aromatic N) is 3. The molecule has 3 heterocycles. The summed E-state index contributed by atoms with van der Waals surface area (Å²) in [7, 11) is 1.43. The minimum absolute atomic E-state index is 0.0178. The summed E-state index contributed by atoms with van der Waals surface area (Å²) in [5.74, 6) is 0.158. The van der Waals surface area contributed by atoms with Crippen LogP contribution in [0.1, 0.15) is 24.8 Å². The monoisotopic (exact) mass is 427 g/mol. The molecule has 0 aromatic heterocycles. The number of nitrogens with one attached hydrogen (secondary N) is 2. The quantitative estimate of drug-likeness (QED) is 0.537. The molecule has 0 saturated carbocycles. The fourth-order valence-electron chi connectivity index (χ4n) is 3.38. The van der Waals surface area contributed by atoms with Gasteiger partial charge < -0.3 is 14.7 Å². The van der Waals surface area contributed by atoms with Gasteiger partial charge in [0.2, 0.25) is 11.0 Å². The fraction of sp³-hybridized carbons (Fsp3) is 0.300. The molecule has 156 valence electrons. The van der Waals surface area contributed by atoms with E-state index >= 15 is 0 Å². The highest BCUT2D eigenvalue weighted by molar-refractivity contribution is 7.11. The molecule has 3 N–H and O–H groups in total. The number of aromatic nitrogens is 3. The van der Waals surface area contributed by atoms with Crippen molar-refractivity contribution in [3.05, 3.63) is 49.5 Å². The Labute approximate surface area is 175 Å². The predicted molar refractivity (Wildman–Crippen MR) is 111 cm³/mol. The predicted octanol–water partition coefficient (Wildman–Crippen LogP) is -0.125. The van der Waals surface area contributed by atoms with Crippen LogP contribution in [0.5, 0.6) is 11.5 Å². The van der Waals surface area contributed by atoms with E-state index in [4.69, 9.17) is 10.1 Å². The summed E-state index contributed by atoms with van der Waals surface area (Å²) in [5.41, 5.74) is -0.0335. The zero-order valence-corrected chi connectivity index (χ0v) is 17.2. The standard InChI is InChI=1S/C20H21N5O4S/c1-29-15-10-12(5-6-14(15)26)9-13-18(21)25-20(22-19(13)28)30-16(23-25)11-17(27)24-7-3-2-4-8-24/h5-6,9-11,21,23,26H,2-4,7-8H2,1H3/b13-9-,16-11+,21-18?. The van der Waals surface area contributed by atoms with Crippen molar-refractivity contribution in [3.63, 3.8) is 0 Å². The van der Waals surface area contributed by atoms with Crippen molar-refractivity contribution in [1.29, 1.82) is 5.41 Å². The number of hydrogen-bond acceptors (Lipinski definition) is 7. The van der Waals surface area contributed by atoms with Crippen molar-refractivity contribution in [2.45, 2.75) is 19.3 Å². The number of fused-ring (bicyclic) bond motifs is 1. The number of phenolic OH excluding ortho intramolecular Hbond substituents is 1. The minimum Gasteiger partial charge on any atom is -0.504 e. The summed E-state index contributed by atoms with van der Waals surface area (Å²) in [6, 6.07) is 4.63. The summed E-state index contributed by atoms with van der Waals surface area (Å²) in [6.07, 6.45) is 6.15. The lowest BCUT2D eigenvalue weighted by Crippen LogP contribution is -2.47. The Hall–Kier alpha value is -3.40. The van der Waals surface area contributed by atoms with Gasteiger partial charge in [-0.1, -0.05) is 17.4 Å². The van der Waals surface area contributed by atoms with Crippen molar-refractivity contribution in [1.82, 2.24) is 19.7 Å². The van der Waals surface area contributed by atoms with Crippen LogP contribution < -0.4 is 25.7 Å². The van der Waals surface area contributed by atoms with Gasteiger partial charge in [-0.25, -0.2) is 4.68 Å². The van der Waals surface area contributed by atoms with Crippen molar-refractivity contribution < 1.29 is 14.6 Å². The molecule has 3 aliphatic heterocycles. The Bertz CT molecular complexity index is 1300. The second kappa shape index (κ2) is 8.15. The van der Waals surface area contributed by atoms with E-state index in [9.17, 15) is 14.7 Å². The van der Waals surface area contributed by atoms with Crippen molar-refractivity contribution in [2.75, 3.05) is 20.2 Å². The highest BCUT2D eigenvalue weighted by atomic mass is 32.1. The van der Waals surface area contributed by atoms with Crippen LogP contribution in [-0.2, 0) is 4.79 Å². The van der Waals surface area contributed by atoms with Crippen LogP contribution in [0, 0.1) is 5.41 Å². The van der Waals surface area contributed by atoms with Crippen LogP contribution in [0.25, 0.3) is 17.3 Å². The van der Waals surface area contributed by atoms with E-state index in [0.717, 1.165) is 43.7 Å². The third-order valence-electron chi connectivity index (χ3n) is 4.96. The van der Waals surface area contributed by atoms with Gasteiger partial charge in [-0.15, -0.1) is 0 Å². The number of rotatable bonds is 3. The number of carbonyl (C=O) groups excluding carboxylic acids is 1. The molecule has 0 atom stereocenters. The molecule has 1 aromatic rings. The molecule has 0 spiro atoms. The minimum atomic E-state index is -0.545. The Morgan fingerprint density at radius 2 is 2.10 bits per heavy atom. The molecule has 0 radical (unpaired) electrons. The lowest BCUT2D eigenvalue weighted by atomic mass is 10.1. The van der Waals surface area contributed by atoms with E-state index in [0.29, 0.717) is 15.4 Å². The second-order valence-electron chi connectivity index (χ2n) is 6.98. The fourth-order valence-corrected chi connectivity index (χ4v) is 4.23. The number of methoxy groups -OCH3 is 1. The average molecular weight is 427 g/mol. The first-order valence-electron chi connectivity index (χ1n) is 9.52. The van der Waals surface area contributed by atoms with Gasteiger partial charge in [-0.2, -0.15) is 4.98 Å². The first-order valence-corrected chi connectivity index (χ1v) is 10.3. The van der Waals surface area contributed by atoms with Crippen LogP contribution in [0.4, 0.5) is 0 Å². The second-order valence-corrected chi connectivity index (χ2v) is 7.99. The molecular formula is C20H21N5O4S. The molecule has 9 nitrogen and oxygen atoms in total. The molecule has 1 saturated heterocycles. The lowest BCUT2D eigenvalue weighted by molar-refractivity contribution is -0.125. The maximum atomic E-state index is 12.5. The molecule has 30 heavy (non-hydrogen) atoms. The van der Waals surface area contributed by atoms with E-state index in [-0.39, 0.29) is 28.1 Å². The number of likely N-dealkylation sites (tertiary alicyclic amines) is 1. The summed E-state index contributed by atoms with van der Waals surface area (Å²) < 4.78 is 6.99. The van der Waals surface area contributed by atoms with Crippen LogP contribution >= 0.6 is 11.3 Å². The van der Waals surface area contributed by atoms with Gasteiger partial charge in [0.1, 0.15) is 4.66 Å². The van der Waals surface area contributed by atoms with Gasteiger partial charge in [0.05, 0.1) is 12.3 Å². The van der Waals surface area contributed by atoms with Gasteiger partial charge in [-0.05, 0) is 43.0 Å². The maximum Gasteiger partial charge on any atom is 0.283 e. The van der Waals surface area contributed by atoms with Crippen molar-refractivity contribution >= 4 is 29.4 Å². The number of benzene rings is 1. The highest BCUT2D eigenvalue weighted by Gasteiger charge is 2.16. The smallest absolute Gasteiger partial charge is 0.283 e. The molecule has 10 heteroatoms. The number of H-pyrrole nitrogens is 1. The Kier molecular flexibility index (Phi) is 5.40. The molecule has 1 amide bonds. The zero-order valence-electron chi connectivity index (χ0n) is 16.3. The van der Waals surface area contributed by atoms with Crippen LogP contribution in [0.2, 0.25) is 0 Å². The van der Waals surface area contributed by atoms with Gasteiger partial charge in [0.25, 0.3) is 5.56 Å². The van der Waals surface area contributed by atoms with E-state index in [1.807, 2.05) is 0 Å². The van der Waals surface area contributed by atoms with E-state index in [1.165, 1.54) is 30.0 Å². The summed E-state index contributed by atoms with van der Waals surface area (Å²) >= 11 is 1.15. The third kappa shape index (κ3) is 3.86. The number of ether oxygens (including phenoxy) is 1. The van der Waals surface area contributed by atoms with Gasteiger partial charge in [0, 0.05) is 19.2 Å². The normalized spacial score (nSPS) is 15.7.